The van der Waals surface area contributed by atoms with E-state index in [-0.39, 0.29) is 5.78 Å². The summed E-state index contributed by atoms with van der Waals surface area (Å²) in [6.45, 7) is 4.19. The molecule has 1 nitrogen and oxygen atoms in total. The van der Waals surface area contributed by atoms with Gasteiger partial charge in [0.1, 0.15) is 0 Å². The van der Waals surface area contributed by atoms with Gasteiger partial charge in [-0.1, -0.05) is 38.1 Å². The Labute approximate surface area is 107 Å². The standard InChI is InChI=1S/C17H16O/c1-3-13-14(4-2)17(18)16-10-12-8-6-5-7-11(12)9-15(13)16/h5-10H,3-4H2,1-2H3. The van der Waals surface area contributed by atoms with Gasteiger partial charge < -0.3 is 0 Å². The maximum absolute atomic E-state index is 12.4. The van der Waals surface area contributed by atoms with Crippen LogP contribution < -0.4 is 0 Å². The van der Waals surface area contributed by atoms with Crippen molar-refractivity contribution < 1.29 is 4.79 Å². The van der Waals surface area contributed by atoms with Crippen molar-refractivity contribution in [2.45, 2.75) is 26.7 Å². The minimum absolute atomic E-state index is 0.232. The Morgan fingerprint density at radius 2 is 1.39 bits per heavy atom. The Kier molecular flexibility index (Phi) is 2.55. The molecule has 1 heteroatoms. The predicted octanol–water partition coefficient (Wildman–Crippen LogP) is 4.61. The number of benzene rings is 2. The van der Waals surface area contributed by atoms with Crippen molar-refractivity contribution in [1.29, 1.82) is 0 Å². The number of rotatable bonds is 2. The minimum Gasteiger partial charge on any atom is -0.289 e. The largest absolute Gasteiger partial charge is 0.289 e. The molecule has 0 amide bonds. The van der Waals surface area contributed by atoms with E-state index in [2.05, 4.69) is 32.0 Å². The van der Waals surface area contributed by atoms with Crippen LogP contribution in [-0.2, 0) is 0 Å². The summed E-state index contributed by atoms with van der Waals surface area (Å²) < 4.78 is 0. The van der Waals surface area contributed by atoms with Crippen LogP contribution in [0.1, 0.15) is 42.6 Å². The number of Topliss-reactive ketones (excluding diaryl/α,β-unsaturated/α-hetero) is 1. The minimum atomic E-state index is 0.232. The van der Waals surface area contributed by atoms with Gasteiger partial charge in [-0.2, -0.15) is 0 Å². The topological polar surface area (TPSA) is 17.1 Å². The van der Waals surface area contributed by atoms with Crippen molar-refractivity contribution in [3.63, 3.8) is 0 Å². The number of hydrogen-bond donors (Lipinski definition) is 0. The maximum atomic E-state index is 12.4. The van der Waals surface area contributed by atoms with Crippen LogP contribution in [0.4, 0.5) is 0 Å². The maximum Gasteiger partial charge on any atom is 0.189 e. The van der Waals surface area contributed by atoms with Gasteiger partial charge >= 0.3 is 0 Å². The molecule has 0 radical (unpaired) electrons. The second-order valence-corrected chi connectivity index (χ2v) is 4.74. The number of carbonyl (C=O) groups is 1. The van der Waals surface area contributed by atoms with Gasteiger partial charge in [0.25, 0.3) is 0 Å². The van der Waals surface area contributed by atoms with Crippen molar-refractivity contribution in [2.24, 2.45) is 0 Å². The van der Waals surface area contributed by atoms with Gasteiger partial charge in [-0.25, -0.2) is 0 Å². The Bertz CT molecular complexity index is 677. The van der Waals surface area contributed by atoms with Crippen molar-refractivity contribution >= 4 is 22.1 Å². The van der Waals surface area contributed by atoms with E-state index in [0.29, 0.717) is 0 Å². The molecule has 2 aromatic carbocycles. The molecule has 18 heavy (non-hydrogen) atoms. The van der Waals surface area contributed by atoms with E-state index >= 15 is 0 Å². The molecule has 1 aliphatic rings. The number of carbonyl (C=O) groups excluding carboxylic acids is 1. The fourth-order valence-corrected chi connectivity index (χ4v) is 2.92. The third kappa shape index (κ3) is 1.43. The smallest absolute Gasteiger partial charge is 0.189 e. The molecule has 0 aliphatic heterocycles. The Hall–Kier alpha value is -1.89. The van der Waals surface area contributed by atoms with Gasteiger partial charge in [0.05, 0.1) is 0 Å². The molecule has 90 valence electrons. The molecule has 0 unspecified atom stereocenters. The van der Waals surface area contributed by atoms with Crippen LogP contribution in [0.25, 0.3) is 16.3 Å². The number of ketones is 1. The molecular formula is C17H16O. The van der Waals surface area contributed by atoms with Gasteiger partial charge in [0, 0.05) is 11.1 Å². The molecule has 0 fully saturated rings. The first-order valence-corrected chi connectivity index (χ1v) is 6.56. The lowest BCUT2D eigenvalue weighted by Crippen LogP contribution is -1.97. The Morgan fingerprint density at radius 1 is 0.833 bits per heavy atom. The highest BCUT2D eigenvalue weighted by molar-refractivity contribution is 6.22. The summed E-state index contributed by atoms with van der Waals surface area (Å²) in [6.07, 6.45) is 1.76. The second-order valence-electron chi connectivity index (χ2n) is 4.74. The summed E-state index contributed by atoms with van der Waals surface area (Å²) in [5.74, 6) is 0.232. The molecular weight excluding hydrogens is 220 g/mol. The predicted molar refractivity (Wildman–Crippen MR) is 75.8 cm³/mol. The van der Waals surface area contributed by atoms with Crippen LogP contribution >= 0.6 is 0 Å². The SMILES string of the molecule is CCC1=C(CC)c2cc3ccccc3cc2C1=O. The molecule has 0 bridgehead atoms. The highest BCUT2D eigenvalue weighted by Gasteiger charge is 2.27. The first kappa shape index (κ1) is 11.2. The molecule has 0 atom stereocenters. The van der Waals surface area contributed by atoms with Crippen LogP contribution in [-0.4, -0.2) is 5.78 Å². The Balaban J connectivity index is 2.32. The molecule has 0 aromatic heterocycles. The third-order valence-electron chi connectivity index (χ3n) is 3.80. The zero-order chi connectivity index (χ0) is 12.7. The summed E-state index contributed by atoms with van der Waals surface area (Å²) in [5.41, 5.74) is 4.28. The van der Waals surface area contributed by atoms with E-state index < -0.39 is 0 Å². The second kappa shape index (κ2) is 4.09. The van der Waals surface area contributed by atoms with Gasteiger partial charge in [-0.05, 0) is 46.9 Å². The summed E-state index contributed by atoms with van der Waals surface area (Å²) in [4.78, 5) is 12.4. The lowest BCUT2D eigenvalue weighted by molar-refractivity contribution is 0.103. The van der Waals surface area contributed by atoms with Crippen molar-refractivity contribution in [1.82, 2.24) is 0 Å². The molecule has 0 saturated carbocycles. The number of hydrogen-bond acceptors (Lipinski definition) is 1. The number of fused-ring (bicyclic) bond motifs is 2. The molecule has 3 rings (SSSR count). The molecule has 0 heterocycles. The van der Waals surface area contributed by atoms with Crippen molar-refractivity contribution in [2.75, 3.05) is 0 Å². The van der Waals surface area contributed by atoms with Crippen LogP contribution in [0.2, 0.25) is 0 Å². The molecule has 0 saturated heterocycles. The third-order valence-corrected chi connectivity index (χ3v) is 3.80. The van der Waals surface area contributed by atoms with Crippen LogP contribution in [0.5, 0.6) is 0 Å². The molecule has 0 spiro atoms. The van der Waals surface area contributed by atoms with E-state index in [0.717, 1.165) is 34.9 Å². The lowest BCUT2D eigenvalue weighted by Gasteiger charge is -2.05. The zero-order valence-corrected chi connectivity index (χ0v) is 10.8. The van der Waals surface area contributed by atoms with Crippen LogP contribution in [0, 0.1) is 0 Å². The first-order chi connectivity index (χ1) is 8.76. The van der Waals surface area contributed by atoms with Gasteiger partial charge in [0.2, 0.25) is 0 Å². The lowest BCUT2D eigenvalue weighted by atomic mass is 9.98. The first-order valence-electron chi connectivity index (χ1n) is 6.56. The molecule has 1 aliphatic carbocycles. The average Bonchev–Trinajstić information content (AvgIpc) is 2.68. The fourth-order valence-electron chi connectivity index (χ4n) is 2.92. The van der Waals surface area contributed by atoms with Crippen LogP contribution in [0.15, 0.2) is 42.0 Å². The molecule has 0 N–H and O–H groups in total. The fraction of sp³-hybridized carbons (Fsp3) is 0.235. The Morgan fingerprint density at radius 3 is 1.94 bits per heavy atom. The highest BCUT2D eigenvalue weighted by Crippen LogP contribution is 2.38. The van der Waals surface area contributed by atoms with Gasteiger partial charge in [0.15, 0.2) is 5.78 Å². The summed E-state index contributed by atoms with van der Waals surface area (Å²) in [5, 5.41) is 2.37. The van der Waals surface area contributed by atoms with Crippen molar-refractivity contribution in [3.8, 4) is 0 Å². The summed E-state index contributed by atoms with van der Waals surface area (Å²) in [7, 11) is 0. The van der Waals surface area contributed by atoms with Gasteiger partial charge in [-0.3, -0.25) is 4.79 Å². The number of allylic oxidation sites excluding steroid dienone is 2. The highest BCUT2D eigenvalue weighted by atomic mass is 16.1. The zero-order valence-electron chi connectivity index (χ0n) is 10.8. The van der Waals surface area contributed by atoms with E-state index in [1.807, 2.05) is 18.2 Å². The van der Waals surface area contributed by atoms with E-state index in [9.17, 15) is 4.79 Å². The van der Waals surface area contributed by atoms with Crippen LogP contribution in [0.3, 0.4) is 0 Å². The van der Waals surface area contributed by atoms with E-state index in [1.165, 1.54) is 11.0 Å². The van der Waals surface area contributed by atoms with E-state index in [4.69, 9.17) is 0 Å². The monoisotopic (exact) mass is 236 g/mol. The van der Waals surface area contributed by atoms with Crippen molar-refractivity contribution in [3.05, 3.63) is 53.1 Å². The van der Waals surface area contributed by atoms with E-state index in [1.54, 1.807) is 0 Å². The quantitative estimate of drug-likeness (QED) is 0.744. The normalized spacial score (nSPS) is 14.4. The van der Waals surface area contributed by atoms with Gasteiger partial charge in [-0.15, -0.1) is 0 Å². The summed E-state index contributed by atoms with van der Waals surface area (Å²) >= 11 is 0. The summed E-state index contributed by atoms with van der Waals surface area (Å²) in [6, 6.07) is 12.5. The molecule has 2 aromatic rings. The average molecular weight is 236 g/mol.